The van der Waals surface area contributed by atoms with Gasteiger partial charge in [0.2, 0.25) is 5.95 Å². The van der Waals surface area contributed by atoms with Crippen molar-refractivity contribution in [2.45, 2.75) is 39.0 Å². The van der Waals surface area contributed by atoms with Crippen molar-refractivity contribution in [2.75, 3.05) is 18.0 Å². The molecule has 0 amide bonds. The second kappa shape index (κ2) is 5.87. The third-order valence-electron chi connectivity index (χ3n) is 3.14. The standard InChI is InChI=1S/C12H17Cl2N3/c1-2-9-10(13)15-12(16-11(9)14)17-7-5-3-4-6-8-17/h2-8H2,1H3. The van der Waals surface area contributed by atoms with Gasteiger partial charge in [0.1, 0.15) is 10.3 Å². The Hall–Kier alpha value is -0.540. The van der Waals surface area contributed by atoms with Gasteiger partial charge < -0.3 is 4.90 Å². The normalized spacial score (nSPS) is 17.0. The van der Waals surface area contributed by atoms with Crippen LogP contribution in [0.1, 0.15) is 38.2 Å². The lowest BCUT2D eigenvalue weighted by Gasteiger charge is -2.20. The van der Waals surface area contributed by atoms with E-state index in [0.717, 1.165) is 25.1 Å². The van der Waals surface area contributed by atoms with Crippen molar-refractivity contribution < 1.29 is 0 Å². The first-order chi connectivity index (χ1) is 8.22. The molecular weight excluding hydrogens is 257 g/mol. The van der Waals surface area contributed by atoms with Crippen molar-refractivity contribution in [3.05, 3.63) is 15.9 Å². The van der Waals surface area contributed by atoms with Gasteiger partial charge in [-0.05, 0) is 19.3 Å². The van der Waals surface area contributed by atoms with Crippen LogP contribution in [-0.2, 0) is 6.42 Å². The molecule has 1 aromatic heterocycles. The van der Waals surface area contributed by atoms with Crippen molar-refractivity contribution in [3.63, 3.8) is 0 Å². The second-order valence-corrected chi connectivity index (χ2v) is 5.05. The van der Waals surface area contributed by atoms with E-state index < -0.39 is 0 Å². The lowest BCUT2D eigenvalue weighted by atomic mass is 10.2. The summed E-state index contributed by atoms with van der Waals surface area (Å²) >= 11 is 12.3. The summed E-state index contributed by atoms with van der Waals surface area (Å²) in [5, 5.41) is 0.985. The highest BCUT2D eigenvalue weighted by molar-refractivity contribution is 6.34. The Labute approximate surface area is 112 Å². The molecule has 5 heteroatoms. The maximum Gasteiger partial charge on any atom is 0.228 e. The number of hydrogen-bond donors (Lipinski definition) is 0. The minimum Gasteiger partial charge on any atom is -0.341 e. The molecule has 0 radical (unpaired) electrons. The van der Waals surface area contributed by atoms with Gasteiger partial charge in [-0.2, -0.15) is 0 Å². The summed E-state index contributed by atoms with van der Waals surface area (Å²) in [5.41, 5.74) is 0.840. The first-order valence-corrected chi connectivity index (χ1v) is 6.95. The number of hydrogen-bond acceptors (Lipinski definition) is 3. The molecule has 0 unspecified atom stereocenters. The molecule has 2 heterocycles. The van der Waals surface area contributed by atoms with E-state index >= 15 is 0 Å². The molecule has 0 saturated carbocycles. The van der Waals surface area contributed by atoms with Crippen molar-refractivity contribution in [3.8, 4) is 0 Å². The van der Waals surface area contributed by atoms with Gasteiger partial charge >= 0.3 is 0 Å². The number of halogens is 2. The summed E-state index contributed by atoms with van der Waals surface area (Å²) in [7, 11) is 0. The first kappa shape index (κ1) is 12.9. The second-order valence-electron chi connectivity index (χ2n) is 4.34. The van der Waals surface area contributed by atoms with Crippen LogP contribution >= 0.6 is 23.2 Å². The molecule has 0 aromatic carbocycles. The summed E-state index contributed by atoms with van der Waals surface area (Å²) in [5.74, 6) is 0.680. The van der Waals surface area contributed by atoms with Crippen molar-refractivity contribution >= 4 is 29.2 Å². The summed E-state index contributed by atoms with van der Waals surface area (Å²) < 4.78 is 0. The third-order valence-corrected chi connectivity index (χ3v) is 3.76. The van der Waals surface area contributed by atoms with E-state index in [1.54, 1.807) is 0 Å². The summed E-state index contributed by atoms with van der Waals surface area (Å²) in [4.78, 5) is 10.9. The predicted molar refractivity (Wildman–Crippen MR) is 72.1 cm³/mol. The van der Waals surface area contributed by atoms with Gasteiger partial charge in [-0.1, -0.05) is 43.0 Å². The molecule has 1 aliphatic rings. The van der Waals surface area contributed by atoms with E-state index in [1.807, 2.05) is 6.92 Å². The van der Waals surface area contributed by atoms with Crippen molar-refractivity contribution in [1.29, 1.82) is 0 Å². The fourth-order valence-electron chi connectivity index (χ4n) is 2.12. The molecule has 0 N–H and O–H groups in total. The van der Waals surface area contributed by atoms with Gasteiger partial charge in [-0.25, -0.2) is 9.97 Å². The van der Waals surface area contributed by atoms with Crippen LogP contribution in [-0.4, -0.2) is 23.1 Å². The Morgan fingerprint density at radius 3 is 2.00 bits per heavy atom. The van der Waals surface area contributed by atoms with E-state index in [1.165, 1.54) is 25.7 Å². The van der Waals surface area contributed by atoms with E-state index in [4.69, 9.17) is 23.2 Å². The van der Waals surface area contributed by atoms with Crippen LogP contribution in [0.2, 0.25) is 10.3 Å². The maximum atomic E-state index is 6.13. The molecule has 2 rings (SSSR count). The van der Waals surface area contributed by atoms with Crippen LogP contribution in [0.4, 0.5) is 5.95 Å². The molecule has 3 nitrogen and oxygen atoms in total. The van der Waals surface area contributed by atoms with Gasteiger partial charge in [-0.3, -0.25) is 0 Å². The lowest BCUT2D eigenvalue weighted by molar-refractivity contribution is 0.726. The molecule has 1 fully saturated rings. The van der Waals surface area contributed by atoms with Gasteiger partial charge in [-0.15, -0.1) is 0 Å². The fraction of sp³-hybridized carbons (Fsp3) is 0.667. The number of rotatable bonds is 2. The molecule has 1 aliphatic heterocycles. The number of nitrogens with zero attached hydrogens (tertiary/aromatic N) is 3. The highest BCUT2D eigenvalue weighted by Crippen LogP contribution is 2.25. The Kier molecular flexibility index (Phi) is 4.46. The zero-order valence-corrected chi connectivity index (χ0v) is 11.6. The van der Waals surface area contributed by atoms with E-state index in [9.17, 15) is 0 Å². The van der Waals surface area contributed by atoms with Gasteiger partial charge in [0.15, 0.2) is 0 Å². The van der Waals surface area contributed by atoms with Crippen LogP contribution in [0.5, 0.6) is 0 Å². The van der Waals surface area contributed by atoms with Crippen LogP contribution in [0.25, 0.3) is 0 Å². The lowest BCUT2D eigenvalue weighted by Crippen LogP contribution is -2.26. The Balaban J connectivity index is 2.26. The SMILES string of the molecule is CCc1c(Cl)nc(N2CCCCCC2)nc1Cl. The first-order valence-electron chi connectivity index (χ1n) is 6.19. The highest BCUT2D eigenvalue weighted by atomic mass is 35.5. The molecular formula is C12H17Cl2N3. The monoisotopic (exact) mass is 273 g/mol. The number of anilines is 1. The van der Waals surface area contributed by atoms with Crippen LogP contribution in [0, 0.1) is 0 Å². The summed E-state index contributed by atoms with van der Waals surface area (Å²) in [6.07, 6.45) is 5.70. The van der Waals surface area contributed by atoms with Gasteiger partial charge in [0.25, 0.3) is 0 Å². The fourth-order valence-corrected chi connectivity index (χ4v) is 2.77. The van der Waals surface area contributed by atoms with Crippen LogP contribution in [0.15, 0.2) is 0 Å². The summed E-state index contributed by atoms with van der Waals surface area (Å²) in [6.45, 7) is 4.00. The molecule has 0 atom stereocenters. The molecule has 17 heavy (non-hydrogen) atoms. The Bertz CT molecular complexity index is 364. The van der Waals surface area contributed by atoms with E-state index in [0.29, 0.717) is 16.3 Å². The zero-order chi connectivity index (χ0) is 12.3. The van der Waals surface area contributed by atoms with Crippen molar-refractivity contribution in [2.24, 2.45) is 0 Å². The topological polar surface area (TPSA) is 29.0 Å². The molecule has 1 saturated heterocycles. The minimum absolute atomic E-state index is 0.492. The zero-order valence-electron chi connectivity index (χ0n) is 10.0. The quantitative estimate of drug-likeness (QED) is 0.769. The number of aromatic nitrogens is 2. The van der Waals surface area contributed by atoms with Gasteiger partial charge in [0, 0.05) is 18.7 Å². The minimum atomic E-state index is 0.492. The largest absolute Gasteiger partial charge is 0.341 e. The molecule has 0 bridgehead atoms. The predicted octanol–water partition coefficient (Wildman–Crippen LogP) is 3.73. The molecule has 0 spiro atoms. The van der Waals surface area contributed by atoms with E-state index in [2.05, 4.69) is 14.9 Å². The average Bonchev–Trinajstić information content (AvgIpc) is 2.57. The maximum absolute atomic E-state index is 6.13. The van der Waals surface area contributed by atoms with Crippen LogP contribution < -0.4 is 4.90 Å². The summed E-state index contributed by atoms with van der Waals surface area (Å²) in [6, 6.07) is 0. The smallest absolute Gasteiger partial charge is 0.228 e. The van der Waals surface area contributed by atoms with Crippen LogP contribution in [0.3, 0.4) is 0 Å². The van der Waals surface area contributed by atoms with Gasteiger partial charge in [0.05, 0.1) is 0 Å². The highest BCUT2D eigenvalue weighted by Gasteiger charge is 2.16. The Morgan fingerprint density at radius 1 is 1.00 bits per heavy atom. The van der Waals surface area contributed by atoms with E-state index in [-0.39, 0.29) is 0 Å². The molecule has 1 aromatic rings. The van der Waals surface area contributed by atoms with Crippen molar-refractivity contribution in [1.82, 2.24) is 9.97 Å². The Morgan fingerprint density at radius 2 is 1.53 bits per heavy atom. The molecule has 94 valence electrons. The molecule has 0 aliphatic carbocycles. The third kappa shape index (κ3) is 3.02. The average molecular weight is 274 g/mol.